The smallest absolute Gasteiger partial charge is 0.0723 e. The van der Waals surface area contributed by atoms with Crippen LogP contribution >= 0.6 is 0 Å². The average Bonchev–Trinajstić information content (AvgIpc) is 3.00. The molecule has 1 aliphatic carbocycles. The minimum absolute atomic E-state index is 0.0342. The molecule has 1 aromatic heterocycles. The Kier molecular flexibility index (Phi) is 4.78. The molecule has 0 amide bonds. The van der Waals surface area contributed by atoms with Crippen molar-refractivity contribution in [3.8, 4) is 0 Å². The highest BCUT2D eigenvalue weighted by Crippen LogP contribution is 2.28. The molecule has 1 aromatic rings. The SMILES string of the molecule is CCC(OC)C(N)Cc1ccn(C2CCCC2)n1. The molecule has 2 unspecified atom stereocenters. The van der Waals surface area contributed by atoms with Gasteiger partial charge >= 0.3 is 0 Å². The first-order chi connectivity index (χ1) is 8.74. The molecule has 0 aromatic carbocycles. The van der Waals surface area contributed by atoms with Crippen molar-refractivity contribution in [2.24, 2.45) is 5.73 Å². The lowest BCUT2D eigenvalue weighted by atomic mass is 10.0. The van der Waals surface area contributed by atoms with E-state index in [1.54, 1.807) is 7.11 Å². The Hall–Kier alpha value is -0.870. The van der Waals surface area contributed by atoms with E-state index in [2.05, 4.69) is 29.0 Å². The van der Waals surface area contributed by atoms with Crippen LogP contribution in [0, 0.1) is 0 Å². The van der Waals surface area contributed by atoms with Gasteiger partial charge in [0, 0.05) is 25.8 Å². The van der Waals surface area contributed by atoms with Gasteiger partial charge in [-0.2, -0.15) is 5.10 Å². The Morgan fingerprint density at radius 2 is 2.22 bits per heavy atom. The molecule has 0 radical (unpaired) electrons. The fourth-order valence-corrected chi connectivity index (χ4v) is 2.88. The number of rotatable bonds is 6. The molecule has 2 N–H and O–H groups in total. The molecule has 18 heavy (non-hydrogen) atoms. The Bertz CT molecular complexity index is 354. The summed E-state index contributed by atoms with van der Waals surface area (Å²) in [4.78, 5) is 0. The molecular formula is C14H25N3O. The van der Waals surface area contributed by atoms with E-state index in [4.69, 9.17) is 10.5 Å². The molecule has 1 aliphatic rings. The summed E-state index contributed by atoms with van der Waals surface area (Å²) < 4.78 is 7.51. The molecule has 0 bridgehead atoms. The molecule has 1 fully saturated rings. The van der Waals surface area contributed by atoms with E-state index in [1.807, 2.05) is 0 Å². The predicted molar refractivity (Wildman–Crippen MR) is 72.5 cm³/mol. The summed E-state index contributed by atoms with van der Waals surface area (Å²) in [6, 6.07) is 2.74. The lowest BCUT2D eigenvalue weighted by molar-refractivity contribution is 0.0770. The second-order valence-corrected chi connectivity index (χ2v) is 5.28. The zero-order valence-electron chi connectivity index (χ0n) is 11.5. The minimum atomic E-state index is 0.0342. The highest BCUT2D eigenvalue weighted by Gasteiger charge is 2.20. The average molecular weight is 251 g/mol. The minimum Gasteiger partial charge on any atom is -0.380 e. The van der Waals surface area contributed by atoms with Crippen LogP contribution in [0.25, 0.3) is 0 Å². The molecule has 0 spiro atoms. The quantitative estimate of drug-likeness (QED) is 0.844. The van der Waals surface area contributed by atoms with Crippen molar-refractivity contribution in [1.29, 1.82) is 0 Å². The lowest BCUT2D eigenvalue weighted by Gasteiger charge is -2.20. The van der Waals surface area contributed by atoms with Gasteiger partial charge in [0.15, 0.2) is 0 Å². The summed E-state index contributed by atoms with van der Waals surface area (Å²) in [5.41, 5.74) is 7.25. The third-order valence-electron chi connectivity index (χ3n) is 3.99. The van der Waals surface area contributed by atoms with Crippen molar-refractivity contribution in [2.75, 3.05) is 7.11 Å². The molecule has 0 saturated heterocycles. The topological polar surface area (TPSA) is 53.1 Å². The molecule has 0 aliphatic heterocycles. The van der Waals surface area contributed by atoms with Crippen LogP contribution < -0.4 is 5.73 Å². The predicted octanol–water partition coefficient (Wildman–Crippen LogP) is 2.29. The summed E-state index contributed by atoms with van der Waals surface area (Å²) in [6.07, 6.45) is 9.17. The van der Waals surface area contributed by atoms with Crippen LogP contribution in [0.3, 0.4) is 0 Å². The zero-order valence-corrected chi connectivity index (χ0v) is 11.5. The van der Waals surface area contributed by atoms with Gasteiger partial charge < -0.3 is 10.5 Å². The van der Waals surface area contributed by atoms with Crippen LogP contribution in [0.15, 0.2) is 12.3 Å². The maximum Gasteiger partial charge on any atom is 0.0723 e. The van der Waals surface area contributed by atoms with Crippen LogP contribution in [0.1, 0.15) is 50.8 Å². The molecule has 2 atom stereocenters. The highest BCUT2D eigenvalue weighted by molar-refractivity contribution is 5.03. The number of ether oxygens (including phenoxy) is 1. The molecule has 4 nitrogen and oxygen atoms in total. The molecule has 102 valence electrons. The molecule has 1 heterocycles. The Balaban J connectivity index is 1.93. The van der Waals surface area contributed by atoms with Crippen LogP contribution in [-0.2, 0) is 11.2 Å². The fourth-order valence-electron chi connectivity index (χ4n) is 2.88. The van der Waals surface area contributed by atoms with E-state index in [9.17, 15) is 0 Å². The summed E-state index contributed by atoms with van der Waals surface area (Å²) >= 11 is 0. The van der Waals surface area contributed by atoms with Crippen molar-refractivity contribution in [2.45, 2.75) is 63.6 Å². The summed E-state index contributed by atoms with van der Waals surface area (Å²) in [7, 11) is 1.73. The Labute approximate surface area is 110 Å². The number of nitrogens with two attached hydrogens (primary N) is 1. The van der Waals surface area contributed by atoms with Crippen LogP contribution in [0.4, 0.5) is 0 Å². The summed E-state index contributed by atoms with van der Waals surface area (Å²) in [5.74, 6) is 0. The standard InChI is InChI=1S/C14H25N3O/c1-3-14(18-2)13(15)10-11-8-9-17(16-11)12-6-4-5-7-12/h8-9,12-14H,3-7,10,15H2,1-2H3. The van der Waals surface area contributed by atoms with Gasteiger partial charge in [-0.25, -0.2) is 0 Å². The number of aromatic nitrogens is 2. The largest absolute Gasteiger partial charge is 0.380 e. The lowest BCUT2D eigenvalue weighted by Crippen LogP contribution is -2.37. The van der Waals surface area contributed by atoms with Gasteiger partial charge in [-0.1, -0.05) is 19.8 Å². The van der Waals surface area contributed by atoms with Gasteiger partial charge in [0.1, 0.15) is 0 Å². The van der Waals surface area contributed by atoms with E-state index >= 15 is 0 Å². The van der Waals surface area contributed by atoms with E-state index in [0.29, 0.717) is 6.04 Å². The van der Waals surface area contributed by atoms with Gasteiger partial charge in [-0.3, -0.25) is 4.68 Å². The van der Waals surface area contributed by atoms with E-state index in [-0.39, 0.29) is 12.1 Å². The van der Waals surface area contributed by atoms with Gasteiger partial charge in [0.25, 0.3) is 0 Å². The Morgan fingerprint density at radius 1 is 1.50 bits per heavy atom. The highest BCUT2D eigenvalue weighted by atomic mass is 16.5. The third-order valence-corrected chi connectivity index (χ3v) is 3.99. The van der Waals surface area contributed by atoms with Gasteiger partial charge in [0.05, 0.1) is 17.8 Å². The summed E-state index contributed by atoms with van der Waals surface area (Å²) in [6.45, 7) is 2.10. The third kappa shape index (κ3) is 3.12. The monoisotopic (exact) mass is 251 g/mol. The first-order valence-corrected chi connectivity index (χ1v) is 7.07. The van der Waals surface area contributed by atoms with Gasteiger partial charge in [-0.05, 0) is 25.3 Å². The van der Waals surface area contributed by atoms with Crippen LogP contribution in [-0.4, -0.2) is 29.0 Å². The van der Waals surface area contributed by atoms with Gasteiger partial charge in [-0.15, -0.1) is 0 Å². The Morgan fingerprint density at radius 3 is 2.83 bits per heavy atom. The van der Waals surface area contributed by atoms with Crippen molar-refractivity contribution in [1.82, 2.24) is 9.78 Å². The normalized spacial score (nSPS) is 20.2. The number of hydrogen-bond acceptors (Lipinski definition) is 3. The second kappa shape index (κ2) is 6.34. The van der Waals surface area contributed by atoms with E-state index in [0.717, 1.165) is 18.5 Å². The number of methoxy groups -OCH3 is 1. The van der Waals surface area contributed by atoms with Crippen molar-refractivity contribution in [3.63, 3.8) is 0 Å². The maximum absolute atomic E-state index is 6.16. The van der Waals surface area contributed by atoms with E-state index in [1.165, 1.54) is 25.7 Å². The maximum atomic E-state index is 6.16. The van der Waals surface area contributed by atoms with Crippen LogP contribution in [0.5, 0.6) is 0 Å². The van der Waals surface area contributed by atoms with Crippen LogP contribution in [0.2, 0.25) is 0 Å². The molecule has 2 rings (SSSR count). The van der Waals surface area contributed by atoms with Crippen molar-refractivity contribution in [3.05, 3.63) is 18.0 Å². The molecular weight excluding hydrogens is 226 g/mol. The van der Waals surface area contributed by atoms with E-state index < -0.39 is 0 Å². The second-order valence-electron chi connectivity index (χ2n) is 5.28. The fraction of sp³-hybridized carbons (Fsp3) is 0.786. The number of nitrogens with zero attached hydrogens (tertiary/aromatic N) is 2. The zero-order chi connectivity index (χ0) is 13.0. The van der Waals surface area contributed by atoms with Crippen molar-refractivity contribution < 1.29 is 4.74 Å². The van der Waals surface area contributed by atoms with Gasteiger partial charge in [0.2, 0.25) is 0 Å². The first kappa shape index (κ1) is 13.6. The molecule has 4 heteroatoms. The number of hydrogen-bond donors (Lipinski definition) is 1. The first-order valence-electron chi connectivity index (χ1n) is 7.07. The molecule has 1 saturated carbocycles. The van der Waals surface area contributed by atoms with Crippen molar-refractivity contribution >= 4 is 0 Å². The summed E-state index contributed by atoms with van der Waals surface area (Å²) in [5, 5.41) is 4.66.